The average Bonchev–Trinajstić information content (AvgIpc) is 2.76. The monoisotopic (exact) mass is 288 g/mol. The molecule has 116 valence electrons. The molecule has 3 unspecified atom stereocenters. The van der Waals surface area contributed by atoms with E-state index in [1.807, 2.05) is 0 Å². The van der Waals surface area contributed by atoms with Crippen LogP contribution in [0.1, 0.15) is 57.8 Å². The lowest BCUT2D eigenvalue weighted by molar-refractivity contribution is -0.133. The Morgan fingerprint density at radius 3 is 2.33 bits per heavy atom. The summed E-state index contributed by atoms with van der Waals surface area (Å²) >= 11 is 0. The molecule has 1 heterocycles. The van der Waals surface area contributed by atoms with Crippen LogP contribution in [0.25, 0.3) is 0 Å². The Morgan fingerprint density at radius 1 is 1.19 bits per heavy atom. The van der Waals surface area contributed by atoms with E-state index in [-0.39, 0.29) is 24.2 Å². The van der Waals surface area contributed by atoms with E-state index >= 15 is 0 Å². The van der Waals surface area contributed by atoms with Crippen LogP contribution in [0, 0.1) is 12.8 Å². The molecule has 0 saturated carbocycles. The van der Waals surface area contributed by atoms with Gasteiger partial charge in [0.05, 0.1) is 6.04 Å². The summed E-state index contributed by atoms with van der Waals surface area (Å²) in [5, 5.41) is 3.54. The van der Waals surface area contributed by atoms with Gasteiger partial charge in [0.1, 0.15) is 6.17 Å². The van der Waals surface area contributed by atoms with Crippen molar-refractivity contribution in [2.24, 2.45) is 5.92 Å². The van der Waals surface area contributed by atoms with Crippen molar-refractivity contribution in [2.45, 2.75) is 65.7 Å². The Bertz CT molecular complexity index is 480. The Morgan fingerprint density at radius 2 is 1.81 bits per heavy atom. The van der Waals surface area contributed by atoms with E-state index in [1.54, 1.807) is 0 Å². The first-order valence-electron chi connectivity index (χ1n) is 8.10. The van der Waals surface area contributed by atoms with Gasteiger partial charge in [-0.2, -0.15) is 0 Å². The third-order valence-corrected chi connectivity index (χ3v) is 4.56. The molecule has 3 heteroatoms. The first kappa shape index (κ1) is 16.0. The summed E-state index contributed by atoms with van der Waals surface area (Å²) in [6.45, 7) is 10.7. The molecule has 1 aromatic rings. The van der Waals surface area contributed by atoms with E-state index in [4.69, 9.17) is 0 Å². The molecule has 1 aromatic carbocycles. The number of hydrogen-bond donors (Lipinski definition) is 1. The van der Waals surface area contributed by atoms with Gasteiger partial charge in [-0.15, -0.1) is 0 Å². The molecule has 3 atom stereocenters. The lowest BCUT2D eigenvalue weighted by Gasteiger charge is -2.33. The molecule has 3 nitrogen and oxygen atoms in total. The normalized spacial score (nSPS) is 23.9. The van der Waals surface area contributed by atoms with E-state index in [0.29, 0.717) is 5.92 Å². The minimum absolute atomic E-state index is 0.00653. The van der Waals surface area contributed by atoms with E-state index in [9.17, 15) is 4.79 Å². The molecule has 0 spiro atoms. The van der Waals surface area contributed by atoms with Gasteiger partial charge < -0.3 is 4.90 Å². The fraction of sp³-hybridized carbons (Fsp3) is 0.611. The number of carbonyl (C=O) groups excluding carboxylic acids is 1. The lowest BCUT2D eigenvalue weighted by atomic mass is 10.0. The van der Waals surface area contributed by atoms with Crippen LogP contribution in [0.4, 0.5) is 0 Å². The zero-order valence-corrected chi connectivity index (χ0v) is 13.9. The zero-order chi connectivity index (χ0) is 15.6. The SMILES string of the molecule is CCCC1NC(c2ccc(C)cc2)N(C(C)C(C)C)C1=O. The minimum atomic E-state index is -0.0393. The van der Waals surface area contributed by atoms with Crippen LogP contribution in [0.2, 0.25) is 0 Å². The van der Waals surface area contributed by atoms with Gasteiger partial charge in [-0.1, -0.05) is 57.0 Å². The Kier molecular flexibility index (Phi) is 5.04. The second-order valence-corrected chi connectivity index (χ2v) is 6.55. The molecule has 0 bridgehead atoms. The number of nitrogens with zero attached hydrogens (tertiary/aromatic N) is 1. The summed E-state index contributed by atoms with van der Waals surface area (Å²) in [5.74, 6) is 0.702. The molecule has 0 aromatic heterocycles. The van der Waals surface area contributed by atoms with Crippen molar-refractivity contribution in [3.63, 3.8) is 0 Å². The minimum Gasteiger partial charge on any atom is -0.319 e. The topological polar surface area (TPSA) is 32.3 Å². The molecule has 0 aliphatic carbocycles. The summed E-state index contributed by atoms with van der Waals surface area (Å²) in [6.07, 6.45) is 1.93. The number of rotatable bonds is 5. The zero-order valence-electron chi connectivity index (χ0n) is 13.9. The van der Waals surface area contributed by atoms with Gasteiger partial charge >= 0.3 is 0 Å². The van der Waals surface area contributed by atoms with Crippen molar-refractivity contribution in [3.05, 3.63) is 35.4 Å². The predicted molar refractivity (Wildman–Crippen MR) is 86.9 cm³/mol. The fourth-order valence-electron chi connectivity index (χ4n) is 2.91. The Balaban J connectivity index is 2.31. The van der Waals surface area contributed by atoms with Gasteiger partial charge in [-0.25, -0.2) is 0 Å². The van der Waals surface area contributed by atoms with E-state index in [0.717, 1.165) is 12.8 Å². The molecule has 1 aliphatic heterocycles. The highest BCUT2D eigenvalue weighted by Gasteiger charge is 2.41. The number of amides is 1. The van der Waals surface area contributed by atoms with Crippen LogP contribution in [-0.2, 0) is 4.79 Å². The predicted octanol–water partition coefficient (Wildman–Crippen LogP) is 3.64. The molecule has 2 rings (SSSR count). The van der Waals surface area contributed by atoms with Crippen LogP contribution in [0.5, 0.6) is 0 Å². The van der Waals surface area contributed by atoms with Gasteiger partial charge in [0, 0.05) is 6.04 Å². The molecular weight excluding hydrogens is 260 g/mol. The molecule has 1 saturated heterocycles. The molecule has 21 heavy (non-hydrogen) atoms. The number of benzene rings is 1. The summed E-state index contributed by atoms with van der Waals surface area (Å²) in [4.78, 5) is 14.8. The van der Waals surface area contributed by atoms with Crippen LogP contribution < -0.4 is 5.32 Å². The number of carbonyl (C=O) groups is 1. The smallest absolute Gasteiger partial charge is 0.241 e. The third kappa shape index (κ3) is 3.29. The van der Waals surface area contributed by atoms with Gasteiger partial charge in [0.2, 0.25) is 5.91 Å². The largest absolute Gasteiger partial charge is 0.319 e. The van der Waals surface area contributed by atoms with Crippen molar-refractivity contribution >= 4 is 5.91 Å². The average molecular weight is 288 g/mol. The number of nitrogens with one attached hydrogen (secondary N) is 1. The second-order valence-electron chi connectivity index (χ2n) is 6.55. The van der Waals surface area contributed by atoms with Gasteiger partial charge in [-0.05, 0) is 31.7 Å². The summed E-state index contributed by atoms with van der Waals surface area (Å²) < 4.78 is 0. The second kappa shape index (κ2) is 6.61. The lowest BCUT2D eigenvalue weighted by Crippen LogP contribution is -2.41. The van der Waals surface area contributed by atoms with Crippen LogP contribution in [0.15, 0.2) is 24.3 Å². The van der Waals surface area contributed by atoms with Gasteiger partial charge in [0.15, 0.2) is 0 Å². The molecular formula is C18H28N2O. The van der Waals surface area contributed by atoms with Crippen molar-refractivity contribution in [3.8, 4) is 0 Å². The highest BCUT2D eigenvalue weighted by Crippen LogP contribution is 2.31. The maximum absolute atomic E-state index is 12.8. The van der Waals surface area contributed by atoms with E-state index in [1.165, 1.54) is 11.1 Å². The molecule has 1 aliphatic rings. The third-order valence-electron chi connectivity index (χ3n) is 4.56. The fourth-order valence-corrected chi connectivity index (χ4v) is 2.91. The highest BCUT2D eigenvalue weighted by molar-refractivity contribution is 5.84. The van der Waals surface area contributed by atoms with Crippen molar-refractivity contribution in [1.29, 1.82) is 0 Å². The number of hydrogen-bond acceptors (Lipinski definition) is 2. The van der Waals surface area contributed by atoms with Gasteiger partial charge in [-0.3, -0.25) is 10.1 Å². The van der Waals surface area contributed by atoms with Crippen LogP contribution in [-0.4, -0.2) is 22.9 Å². The van der Waals surface area contributed by atoms with Crippen molar-refractivity contribution in [2.75, 3.05) is 0 Å². The van der Waals surface area contributed by atoms with Crippen LogP contribution in [0.3, 0.4) is 0 Å². The maximum atomic E-state index is 12.8. The summed E-state index contributed by atoms with van der Waals surface area (Å²) in [5.41, 5.74) is 2.43. The first-order chi connectivity index (χ1) is 9.95. The maximum Gasteiger partial charge on any atom is 0.241 e. The van der Waals surface area contributed by atoms with Crippen LogP contribution >= 0.6 is 0 Å². The number of aryl methyl sites for hydroxylation is 1. The molecule has 1 N–H and O–H groups in total. The standard InChI is InChI=1S/C18H28N2O/c1-6-7-16-18(21)20(14(5)12(2)3)17(19-16)15-10-8-13(4)9-11-15/h8-12,14,16-17,19H,6-7H2,1-5H3. The van der Waals surface area contributed by atoms with Gasteiger partial charge in [0.25, 0.3) is 0 Å². The Labute approximate surface area is 128 Å². The summed E-state index contributed by atoms with van der Waals surface area (Å²) in [6, 6.07) is 8.70. The first-order valence-corrected chi connectivity index (χ1v) is 8.10. The van der Waals surface area contributed by atoms with Crippen molar-refractivity contribution < 1.29 is 4.79 Å². The molecule has 1 amide bonds. The quantitative estimate of drug-likeness (QED) is 0.897. The highest BCUT2D eigenvalue weighted by atomic mass is 16.2. The Hall–Kier alpha value is -1.35. The van der Waals surface area contributed by atoms with E-state index < -0.39 is 0 Å². The summed E-state index contributed by atoms with van der Waals surface area (Å²) in [7, 11) is 0. The van der Waals surface area contributed by atoms with E-state index in [2.05, 4.69) is 69.1 Å². The molecule has 1 fully saturated rings. The van der Waals surface area contributed by atoms with Crippen molar-refractivity contribution in [1.82, 2.24) is 10.2 Å². The molecule has 0 radical (unpaired) electrons.